The maximum atomic E-state index is 2.42. The summed E-state index contributed by atoms with van der Waals surface area (Å²) in [7, 11) is 0. The second-order valence-electron chi connectivity index (χ2n) is 5.50. The average Bonchev–Trinajstić information content (AvgIpc) is 2.48. The minimum Gasteiger partial charge on any atom is -0.0834 e. The van der Waals surface area contributed by atoms with Crippen molar-refractivity contribution in [3.63, 3.8) is 0 Å². The van der Waals surface area contributed by atoms with Crippen molar-refractivity contribution in [1.29, 1.82) is 0 Å². The Hall–Kier alpha value is -1.35. The van der Waals surface area contributed by atoms with Gasteiger partial charge in [0, 0.05) is 8.99 Å². The summed E-state index contributed by atoms with van der Waals surface area (Å²) < 4.78 is 1.29. The predicted molar refractivity (Wildman–Crippen MR) is 94.8 cm³/mol. The van der Waals surface area contributed by atoms with E-state index in [1.54, 1.807) is 0 Å². The van der Waals surface area contributed by atoms with Gasteiger partial charge in [0.2, 0.25) is 0 Å². The van der Waals surface area contributed by atoms with Crippen molar-refractivity contribution in [3.8, 4) is 11.1 Å². The van der Waals surface area contributed by atoms with Gasteiger partial charge in [-0.1, -0.05) is 67.6 Å². The lowest BCUT2D eigenvalue weighted by Gasteiger charge is -2.28. The van der Waals surface area contributed by atoms with Crippen LogP contribution in [0, 0.1) is 3.57 Å². The smallest absolute Gasteiger partial charge is 0.0142 e. The van der Waals surface area contributed by atoms with Crippen LogP contribution < -0.4 is 0 Å². The van der Waals surface area contributed by atoms with Crippen LogP contribution in [0.2, 0.25) is 0 Å². The topological polar surface area (TPSA) is 0 Å². The van der Waals surface area contributed by atoms with E-state index in [2.05, 4.69) is 102 Å². The Morgan fingerprint density at radius 3 is 2.45 bits per heavy atom. The van der Waals surface area contributed by atoms with Crippen molar-refractivity contribution in [1.82, 2.24) is 0 Å². The molecule has 0 bridgehead atoms. The van der Waals surface area contributed by atoms with E-state index in [0.717, 1.165) is 6.42 Å². The van der Waals surface area contributed by atoms with Gasteiger partial charge in [-0.2, -0.15) is 0 Å². The zero-order chi connectivity index (χ0) is 14.0. The Bertz CT molecular complexity index is 667. The van der Waals surface area contributed by atoms with Crippen LogP contribution >= 0.6 is 22.6 Å². The van der Waals surface area contributed by atoms with Gasteiger partial charge in [0.05, 0.1) is 0 Å². The van der Waals surface area contributed by atoms with Crippen LogP contribution in [0.15, 0.2) is 72.8 Å². The largest absolute Gasteiger partial charge is 0.0834 e. The molecule has 0 heterocycles. The SMILES string of the molecule is CC1(c2cc(I)cc(-c3ccccc3)c2)C=CC=CC1. The van der Waals surface area contributed by atoms with E-state index >= 15 is 0 Å². The maximum absolute atomic E-state index is 2.42. The van der Waals surface area contributed by atoms with Gasteiger partial charge in [-0.05, 0) is 57.8 Å². The van der Waals surface area contributed by atoms with Crippen molar-refractivity contribution in [2.24, 2.45) is 0 Å². The van der Waals surface area contributed by atoms with Crippen molar-refractivity contribution >= 4 is 22.6 Å². The van der Waals surface area contributed by atoms with E-state index in [9.17, 15) is 0 Å². The molecule has 1 atom stereocenters. The Balaban J connectivity index is 2.08. The van der Waals surface area contributed by atoms with Crippen LogP contribution in [0.5, 0.6) is 0 Å². The molecule has 0 nitrogen and oxygen atoms in total. The van der Waals surface area contributed by atoms with E-state index < -0.39 is 0 Å². The first-order valence-corrected chi connectivity index (χ1v) is 7.96. The highest BCUT2D eigenvalue weighted by Crippen LogP contribution is 2.35. The molecule has 0 saturated heterocycles. The highest BCUT2D eigenvalue weighted by Gasteiger charge is 2.24. The molecule has 0 fully saturated rings. The molecule has 20 heavy (non-hydrogen) atoms. The number of hydrogen-bond donors (Lipinski definition) is 0. The molecule has 2 aromatic carbocycles. The van der Waals surface area contributed by atoms with E-state index in [1.165, 1.54) is 20.3 Å². The zero-order valence-electron chi connectivity index (χ0n) is 11.5. The van der Waals surface area contributed by atoms with Gasteiger partial charge in [0.1, 0.15) is 0 Å². The summed E-state index contributed by atoms with van der Waals surface area (Å²) >= 11 is 2.42. The van der Waals surface area contributed by atoms with Crippen LogP contribution in [0.4, 0.5) is 0 Å². The van der Waals surface area contributed by atoms with E-state index in [-0.39, 0.29) is 5.41 Å². The predicted octanol–water partition coefficient (Wildman–Crippen LogP) is 5.73. The molecule has 1 heteroatoms. The molecule has 0 spiro atoms. The summed E-state index contributed by atoms with van der Waals surface area (Å²) in [6.45, 7) is 2.31. The molecule has 1 aliphatic carbocycles. The fourth-order valence-corrected chi connectivity index (χ4v) is 3.33. The molecule has 0 aliphatic heterocycles. The third-order valence-corrected chi connectivity index (χ3v) is 4.54. The monoisotopic (exact) mass is 372 g/mol. The van der Waals surface area contributed by atoms with E-state index in [1.807, 2.05) is 0 Å². The molecule has 0 saturated carbocycles. The van der Waals surface area contributed by atoms with Gasteiger partial charge in [-0.15, -0.1) is 0 Å². The van der Waals surface area contributed by atoms with Crippen LogP contribution in [0.25, 0.3) is 11.1 Å². The maximum Gasteiger partial charge on any atom is 0.0142 e. The summed E-state index contributed by atoms with van der Waals surface area (Å²) in [6, 6.07) is 17.5. The summed E-state index contributed by atoms with van der Waals surface area (Å²) in [4.78, 5) is 0. The van der Waals surface area contributed by atoms with Gasteiger partial charge in [-0.3, -0.25) is 0 Å². The highest BCUT2D eigenvalue weighted by atomic mass is 127. The Morgan fingerprint density at radius 2 is 1.75 bits per heavy atom. The molecule has 0 amide bonds. The lowest BCUT2D eigenvalue weighted by molar-refractivity contribution is 0.599. The van der Waals surface area contributed by atoms with E-state index in [0.29, 0.717) is 0 Å². The highest BCUT2D eigenvalue weighted by molar-refractivity contribution is 14.1. The molecule has 0 N–H and O–H groups in total. The first-order chi connectivity index (χ1) is 9.67. The number of rotatable bonds is 2. The zero-order valence-corrected chi connectivity index (χ0v) is 13.7. The number of hydrogen-bond acceptors (Lipinski definition) is 0. The number of halogens is 1. The number of allylic oxidation sites excluding steroid dienone is 4. The molecule has 3 rings (SSSR count). The van der Waals surface area contributed by atoms with Crippen molar-refractivity contribution in [2.75, 3.05) is 0 Å². The summed E-state index contributed by atoms with van der Waals surface area (Å²) in [5.41, 5.74) is 4.09. The van der Waals surface area contributed by atoms with E-state index in [4.69, 9.17) is 0 Å². The Kier molecular flexibility index (Phi) is 3.79. The normalized spacial score (nSPS) is 21.1. The van der Waals surface area contributed by atoms with Crippen LogP contribution in [-0.4, -0.2) is 0 Å². The van der Waals surface area contributed by atoms with Crippen molar-refractivity contribution < 1.29 is 0 Å². The fourth-order valence-electron chi connectivity index (χ4n) is 2.66. The Morgan fingerprint density at radius 1 is 0.950 bits per heavy atom. The molecule has 100 valence electrons. The molecule has 2 aromatic rings. The second kappa shape index (κ2) is 5.57. The molecule has 0 aromatic heterocycles. The Labute approximate surface area is 134 Å². The lowest BCUT2D eigenvalue weighted by Crippen LogP contribution is -2.19. The van der Waals surface area contributed by atoms with Crippen molar-refractivity contribution in [2.45, 2.75) is 18.8 Å². The third-order valence-electron chi connectivity index (χ3n) is 3.92. The van der Waals surface area contributed by atoms with Gasteiger partial charge >= 0.3 is 0 Å². The fraction of sp³-hybridized carbons (Fsp3) is 0.158. The first kappa shape index (κ1) is 13.6. The summed E-state index contributed by atoms with van der Waals surface area (Å²) in [5.74, 6) is 0. The first-order valence-electron chi connectivity index (χ1n) is 6.88. The second-order valence-corrected chi connectivity index (χ2v) is 6.75. The third kappa shape index (κ3) is 2.73. The van der Waals surface area contributed by atoms with Crippen LogP contribution in [0.3, 0.4) is 0 Å². The van der Waals surface area contributed by atoms with Crippen LogP contribution in [0.1, 0.15) is 18.9 Å². The minimum atomic E-state index is 0.111. The van der Waals surface area contributed by atoms with Crippen LogP contribution in [-0.2, 0) is 5.41 Å². The van der Waals surface area contributed by atoms with Crippen molar-refractivity contribution in [3.05, 3.63) is 82.0 Å². The molecule has 1 aliphatic rings. The molecular weight excluding hydrogens is 355 g/mol. The van der Waals surface area contributed by atoms with Gasteiger partial charge in [0.25, 0.3) is 0 Å². The molecular formula is C19H17I. The molecule has 1 unspecified atom stereocenters. The lowest BCUT2D eigenvalue weighted by atomic mass is 9.77. The molecule has 0 radical (unpaired) electrons. The minimum absolute atomic E-state index is 0.111. The summed E-state index contributed by atoms with van der Waals surface area (Å²) in [5, 5.41) is 0. The quantitative estimate of drug-likeness (QED) is 0.591. The average molecular weight is 372 g/mol. The summed E-state index contributed by atoms with van der Waals surface area (Å²) in [6.07, 6.45) is 9.92. The van der Waals surface area contributed by atoms with Gasteiger partial charge in [-0.25, -0.2) is 0 Å². The van der Waals surface area contributed by atoms with Gasteiger partial charge < -0.3 is 0 Å². The number of benzene rings is 2. The standard InChI is InChI=1S/C19H17I/c1-19(10-6-3-7-11-19)17-12-16(13-18(20)14-17)15-8-4-2-5-9-15/h2-10,12-14H,11H2,1H3. The van der Waals surface area contributed by atoms with Gasteiger partial charge in [0.15, 0.2) is 0 Å².